The molecule has 0 aromatic heterocycles. The lowest BCUT2D eigenvalue weighted by Crippen LogP contribution is -2.30. The van der Waals surface area contributed by atoms with Crippen molar-refractivity contribution in [2.45, 2.75) is 19.0 Å². The molecule has 1 unspecified atom stereocenters. The van der Waals surface area contributed by atoms with Gasteiger partial charge in [-0.1, -0.05) is 6.07 Å². The Hall–Kier alpha value is -1.00. The Morgan fingerprint density at radius 3 is 2.81 bits per heavy atom. The normalized spacial score (nSPS) is 21.6. The number of nitrogens with one attached hydrogen (secondary N) is 1. The highest BCUT2D eigenvalue weighted by Gasteiger charge is 2.18. The predicted octanol–water partition coefficient (Wildman–Crippen LogP) is 1.76. The van der Waals surface area contributed by atoms with Crippen LogP contribution in [0.5, 0.6) is 0 Å². The molecule has 2 nitrogen and oxygen atoms in total. The summed E-state index contributed by atoms with van der Waals surface area (Å²) in [5.41, 5.74) is 0.786. The molecule has 2 rings (SSSR count). The fourth-order valence-electron chi connectivity index (χ4n) is 2.01. The zero-order chi connectivity index (χ0) is 11.5. The second-order valence-corrected chi connectivity index (χ2v) is 4.38. The second-order valence-electron chi connectivity index (χ2n) is 4.38. The van der Waals surface area contributed by atoms with E-state index in [0.717, 1.165) is 25.1 Å². The minimum absolute atomic E-state index is 0.457. The topological polar surface area (TPSA) is 15.3 Å². The molecule has 0 amide bonds. The summed E-state index contributed by atoms with van der Waals surface area (Å²) in [6, 6.07) is 4.50. The van der Waals surface area contributed by atoms with E-state index in [9.17, 15) is 8.78 Å². The van der Waals surface area contributed by atoms with Crippen molar-refractivity contribution in [2.24, 2.45) is 0 Å². The van der Waals surface area contributed by atoms with Gasteiger partial charge in [0.05, 0.1) is 0 Å². The molecule has 0 bridgehead atoms. The smallest absolute Gasteiger partial charge is 0.159 e. The molecule has 16 heavy (non-hydrogen) atoms. The molecule has 0 saturated carbocycles. The third kappa shape index (κ3) is 2.77. The Kier molecular flexibility index (Phi) is 3.51. The maximum atomic E-state index is 12.9. The van der Waals surface area contributed by atoms with Crippen LogP contribution in [0.15, 0.2) is 18.2 Å². The Labute approximate surface area is 94.3 Å². The van der Waals surface area contributed by atoms with E-state index in [4.69, 9.17) is 0 Å². The van der Waals surface area contributed by atoms with E-state index in [-0.39, 0.29) is 0 Å². The minimum Gasteiger partial charge on any atom is -0.309 e. The van der Waals surface area contributed by atoms with Crippen LogP contribution < -0.4 is 5.32 Å². The van der Waals surface area contributed by atoms with Crippen molar-refractivity contribution in [2.75, 3.05) is 20.1 Å². The van der Waals surface area contributed by atoms with E-state index >= 15 is 0 Å². The van der Waals surface area contributed by atoms with Crippen LogP contribution in [0.3, 0.4) is 0 Å². The fourth-order valence-corrected chi connectivity index (χ4v) is 2.01. The van der Waals surface area contributed by atoms with Crippen LogP contribution in [0.25, 0.3) is 0 Å². The van der Waals surface area contributed by atoms with Crippen LogP contribution in [-0.2, 0) is 6.54 Å². The van der Waals surface area contributed by atoms with Gasteiger partial charge in [0.25, 0.3) is 0 Å². The SMILES string of the molecule is CN1CCC(NCc2ccc(F)c(F)c2)C1. The van der Waals surface area contributed by atoms with Crippen molar-refractivity contribution < 1.29 is 8.78 Å². The summed E-state index contributed by atoms with van der Waals surface area (Å²) >= 11 is 0. The second kappa shape index (κ2) is 4.89. The highest BCUT2D eigenvalue weighted by Crippen LogP contribution is 2.10. The Morgan fingerprint density at radius 1 is 1.38 bits per heavy atom. The van der Waals surface area contributed by atoms with Crippen molar-refractivity contribution in [3.63, 3.8) is 0 Å². The van der Waals surface area contributed by atoms with Crippen molar-refractivity contribution in [3.05, 3.63) is 35.4 Å². The quantitative estimate of drug-likeness (QED) is 0.844. The molecule has 4 heteroatoms. The molecular formula is C12H16F2N2. The summed E-state index contributed by atoms with van der Waals surface area (Å²) < 4.78 is 25.6. The van der Waals surface area contributed by atoms with Gasteiger partial charge in [0.2, 0.25) is 0 Å². The largest absolute Gasteiger partial charge is 0.309 e. The van der Waals surface area contributed by atoms with Gasteiger partial charge in [-0.2, -0.15) is 0 Å². The zero-order valence-electron chi connectivity index (χ0n) is 9.34. The van der Waals surface area contributed by atoms with Crippen LogP contribution in [0.4, 0.5) is 8.78 Å². The standard InChI is InChI=1S/C12H16F2N2/c1-16-5-4-10(8-16)15-7-9-2-3-11(13)12(14)6-9/h2-3,6,10,15H,4-5,7-8H2,1H3. The molecule has 1 heterocycles. The molecular weight excluding hydrogens is 210 g/mol. The van der Waals surface area contributed by atoms with E-state index in [0.29, 0.717) is 12.6 Å². The van der Waals surface area contributed by atoms with Crippen LogP contribution in [0, 0.1) is 11.6 Å². The third-order valence-electron chi connectivity index (χ3n) is 2.97. The molecule has 1 saturated heterocycles. The monoisotopic (exact) mass is 226 g/mol. The molecule has 0 aliphatic carbocycles. The fraction of sp³-hybridized carbons (Fsp3) is 0.500. The summed E-state index contributed by atoms with van der Waals surface area (Å²) in [7, 11) is 2.08. The van der Waals surface area contributed by atoms with Crippen LogP contribution >= 0.6 is 0 Å². The maximum absolute atomic E-state index is 12.9. The van der Waals surface area contributed by atoms with Gasteiger partial charge in [0.15, 0.2) is 11.6 Å². The van der Waals surface area contributed by atoms with Crippen LogP contribution in [0.2, 0.25) is 0 Å². The average Bonchev–Trinajstić information content (AvgIpc) is 2.66. The summed E-state index contributed by atoms with van der Waals surface area (Å²) in [5.74, 6) is -1.56. The Morgan fingerprint density at radius 2 is 2.19 bits per heavy atom. The van der Waals surface area contributed by atoms with Gasteiger partial charge in [0.1, 0.15) is 0 Å². The summed E-state index contributed by atoms with van der Waals surface area (Å²) in [6.45, 7) is 2.70. The first-order valence-corrected chi connectivity index (χ1v) is 5.51. The van der Waals surface area contributed by atoms with Gasteiger partial charge in [0, 0.05) is 19.1 Å². The number of likely N-dealkylation sites (N-methyl/N-ethyl adjacent to an activating group) is 1. The molecule has 1 atom stereocenters. The van der Waals surface area contributed by atoms with E-state index < -0.39 is 11.6 Å². The number of likely N-dealkylation sites (tertiary alicyclic amines) is 1. The summed E-state index contributed by atoms with van der Waals surface area (Å²) in [6.07, 6.45) is 1.11. The number of nitrogens with zero attached hydrogens (tertiary/aromatic N) is 1. The van der Waals surface area contributed by atoms with E-state index in [1.807, 2.05) is 0 Å². The van der Waals surface area contributed by atoms with Crippen molar-refractivity contribution >= 4 is 0 Å². The Bertz CT molecular complexity index is 368. The Balaban J connectivity index is 1.87. The van der Waals surface area contributed by atoms with Crippen molar-refractivity contribution in [3.8, 4) is 0 Å². The first-order chi connectivity index (χ1) is 7.65. The lowest BCUT2D eigenvalue weighted by atomic mass is 10.2. The highest BCUT2D eigenvalue weighted by molar-refractivity contribution is 5.17. The molecule has 1 fully saturated rings. The minimum atomic E-state index is -0.788. The van der Waals surface area contributed by atoms with Crippen molar-refractivity contribution in [1.82, 2.24) is 10.2 Å². The van der Waals surface area contributed by atoms with Gasteiger partial charge in [-0.05, 0) is 37.7 Å². The molecule has 88 valence electrons. The molecule has 0 radical (unpaired) electrons. The van der Waals surface area contributed by atoms with Gasteiger partial charge in [-0.15, -0.1) is 0 Å². The van der Waals surface area contributed by atoms with E-state index in [1.54, 1.807) is 6.07 Å². The zero-order valence-corrected chi connectivity index (χ0v) is 9.34. The van der Waals surface area contributed by atoms with Crippen LogP contribution in [-0.4, -0.2) is 31.1 Å². The van der Waals surface area contributed by atoms with Gasteiger partial charge in [-0.3, -0.25) is 0 Å². The number of hydrogen-bond donors (Lipinski definition) is 1. The van der Waals surface area contributed by atoms with E-state index in [2.05, 4.69) is 17.3 Å². The van der Waals surface area contributed by atoms with Crippen LogP contribution in [0.1, 0.15) is 12.0 Å². The molecule has 1 aromatic rings. The highest BCUT2D eigenvalue weighted by atomic mass is 19.2. The first kappa shape index (κ1) is 11.5. The molecule has 0 spiro atoms. The van der Waals surface area contributed by atoms with Gasteiger partial charge < -0.3 is 10.2 Å². The molecule has 1 N–H and O–H groups in total. The molecule has 1 aliphatic heterocycles. The maximum Gasteiger partial charge on any atom is 0.159 e. The van der Waals surface area contributed by atoms with Crippen molar-refractivity contribution in [1.29, 1.82) is 0 Å². The third-order valence-corrected chi connectivity index (χ3v) is 2.97. The molecule has 1 aromatic carbocycles. The lowest BCUT2D eigenvalue weighted by molar-refractivity contribution is 0.397. The number of rotatable bonds is 3. The molecule has 1 aliphatic rings. The summed E-state index contributed by atoms with van der Waals surface area (Å²) in [4.78, 5) is 2.25. The number of halogens is 2. The lowest BCUT2D eigenvalue weighted by Gasteiger charge is -2.12. The van der Waals surface area contributed by atoms with E-state index in [1.165, 1.54) is 12.1 Å². The van der Waals surface area contributed by atoms with Gasteiger partial charge >= 0.3 is 0 Å². The summed E-state index contributed by atoms with van der Waals surface area (Å²) in [5, 5.41) is 3.34. The predicted molar refractivity (Wildman–Crippen MR) is 59.1 cm³/mol. The number of hydrogen-bond acceptors (Lipinski definition) is 2. The average molecular weight is 226 g/mol. The van der Waals surface area contributed by atoms with Gasteiger partial charge in [-0.25, -0.2) is 8.78 Å². The first-order valence-electron chi connectivity index (χ1n) is 5.51. The number of benzene rings is 1.